The number of halogens is 2. The molecule has 0 aliphatic carbocycles. The number of aliphatic imine (C=N–C) groups is 1. The average molecular weight is 197 g/mol. The summed E-state index contributed by atoms with van der Waals surface area (Å²) < 4.78 is 25.6. The molecule has 0 bridgehead atoms. The number of carbonyl (C=O) groups excluding carboxylic acids is 1. The summed E-state index contributed by atoms with van der Waals surface area (Å²) in [6, 6.07) is 3.05. The molecule has 1 aromatic carbocycles. The van der Waals surface area contributed by atoms with Gasteiger partial charge >= 0.3 is 0 Å². The van der Waals surface area contributed by atoms with Gasteiger partial charge in [-0.05, 0) is 31.5 Å². The molecule has 1 rings (SSSR count). The van der Waals surface area contributed by atoms with E-state index in [1.165, 1.54) is 6.08 Å². The molecule has 0 radical (unpaired) electrons. The summed E-state index contributed by atoms with van der Waals surface area (Å²) in [6.07, 6.45) is 1.38. The van der Waals surface area contributed by atoms with Crippen molar-refractivity contribution in [1.82, 2.24) is 0 Å². The Morgan fingerprint density at radius 2 is 1.71 bits per heavy atom. The molecular formula is C10H9F2NO. The lowest BCUT2D eigenvalue weighted by Gasteiger charge is -2.17. The standard InChI is InChI=1S/C10H9F2NO/c1-10(2,13-6-14)7-3-8(11)5-9(12)4-7/h3-5H,1-2H3. The average Bonchev–Trinajstić information content (AvgIpc) is 2.02. The fourth-order valence-corrected chi connectivity index (χ4v) is 1.09. The molecule has 0 heterocycles. The first kappa shape index (κ1) is 10.5. The van der Waals surface area contributed by atoms with Gasteiger partial charge in [-0.2, -0.15) is 4.99 Å². The fourth-order valence-electron chi connectivity index (χ4n) is 1.09. The van der Waals surface area contributed by atoms with E-state index in [9.17, 15) is 13.6 Å². The van der Waals surface area contributed by atoms with Crippen molar-refractivity contribution in [2.24, 2.45) is 4.99 Å². The summed E-state index contributed by atoms with van der Waals surface area (Å²) in [7, 11) is 0. The summed E-state index contributed by atoms with van der Waals surface area (Å²) in [6.45, 7) is 3.15. The van der Waals surface area contributed by atoms with Crippen LogP contribution in [0.25, 0.3) is 0 Å². The van der Waals surface area contributed by atoms with E-state index in [-0.39, 0.29) is 0 Å². The molecule has 1 aromatic rings. The van der Waals surface area contributed by atoms with Crippen LogP contribution in [0, 0.1) is 11.6 Å². The van der Waals surface area contributed by atoms with Crippen molar-refractivity contribution in [3.63, 3.8) is 0 Å². The Balaban J connectivity index is 3.24. The Morgan fingerprint density at radius 3 is 2.14 bits per heavy atom. The van der Waals surface area contributed by atoms with Gasteiger partial charge < -0.3 is 0 Å². The van der Waals surface area contributed by atoms with E-state index in [1.54, 1.807) is 13.8 Å². The number of nitrogens with zero attached hydrogens (tertiary/aromatic N) is 1. The first-order valence-corrected chi connectivity index (χ1v) is 4.01. The topological polar surface area (TPSA) is 29.4 Å². The van der Waals surface area contributed by atoms with Gasteiger partial charge in [0.1, 0.15) is 11.6 Å². The molecule has 0 N–H and O–H groups in total. The molecule has 0 unspecified atom stereocenters. The second-order valence-corrected chi connectivity index (χ2v) is 3.42. The lowest BCUT2D eigenvalue weighted by Crippen LogP contribution is -2.14. The molecule has 0 atom stereocenters. The Kier molecular flexibility index (Phi) is 2.77. The Hall–Kier alpha value is -1.54. The van der Waals surface area contributed by atoms with Crippen molar-refractivity contribution in [2.75, 3.05) is 0 Å². The quantitative estimate of drug-likeness (QED) is 0.529. The van der Waals surface area contributed by atoms with E-state index < -0.39 is 17.2 Å². The van der Waals surface area contributed by atoms with Crippen molar-refractivity contribution in [1.29, 1.82) is 0 Å². The molecule has 2 nitrogen and oxygen atoms in total. The molecule has 0 fully saturated rings. The Bertz CT molecular complexity index is 375. The lowest BCUT2D eigenvalue weighted by atomic mass is 9.95. The number of hydrogen-bond acceptors (Lipinski definition) is 2. The smallest absolute Gasteiger partial charge is 0.211 e. The zero-order chi connectivity index (χ0) is 10.8. The van der Waals surface area contributed by atoms with Crippen LogP contribution in [0.5, 0.6) is 0 Å². The molecule has 0 aromatic heterocycles. The molecule has 0 saturated carbocycles. The minimum Gasteiger partial charge on any atom is -0.211 e. The Morgan fingerprint density at radius 1 is 1.21 bits per heavy atom. The third-order valence-corrected chi connectivity index (χ3v) is 1.89. The maximum Gasteiger partial charge on any atom is 0.235 e. The van der Waals surface area contributed by atoms with Crippen LogP contribution in [-0.4, -0.2) is 6.08 Å². The van der Waals surface area contributed by atoms with E-state index in [1.807, 2.05) is 0 Å². The number of rotatable bonds is 2. The van der Waals surface area contributed by atoms with Crippen molar-refractivity contribution >= 4 is 6.08 Å². The van der Waals surface area contributed by atoms with Gasteiger partial charge in [-0.25, -0.2) is 13.6 Å². The van der Waals surface area contributed by atoms with Crippen LogP contribution >= 0.6 is 0 Å². The SMILES string of the molecule is CC(C)(N=C=O)c1cc(F)cc(F)c1. The van der Waals surface area contributed by atoms with Crippen LogP contribution in [0.2, 0.25) is 0 Å². The van der Waals surface area contributed by atoms with Crippen molar-refractivity contribution < 1.29 is 13.6 Å². The first-order valence-electron chi connectivity index (χ1n) is 4.01. The fraction of sp³-hybridized carbons (Fsp3) is 0.300. The summed E-state index contributed by atoms with van der Waals surface area (Å²) in [5.41, 5.74) is -0.650. The van der Waals surface area contributed by atoms with Crippen LogP contribution in [0.15, 0.2) is 23.2 Å². The van der Waals surface area contributed by atoms with Gasteiger partial charge in [0.25, 0.3) is 0 Å². The van der Waals surface area contributed by atoms with Gasteiger partial charge in [0.05, 0.1) is 5.54 Å². The molecule has 4 heteroatoms. The van der Waals surface area contributed by atoms with Gasteiger partial charge in [-0.1, -0.05) is 0 Å². The second kappa shape index (κ2) is 3.68. The van der Waals surface area contributed by atoms with Crippen LogP contribution < -0.4 is 0 Å². The third-order valence-electron chi connectivity index (χ3n) is 1.89. The van der Waals surface area contributed by atoms with E-state index in [4.69, 9.17) is 0 Å². The zero-order valence-electron chi connectivity index (χ0n) is 7.84. The van der Waals surface area contributed by atoms with Crippen LogP contribution in [0.4, 0.5) is 8.78 Å². The highest BCUT2D eigenvalue weighted by Crippen LogP contribution is 2.25. The number of hydrogen-bond donors (Lipinski definition) is 0. The van der Waals surface area contributed by atoms with Gasteiger partial charge in [0.15, 0.2) is 0 Å². The zero-order valence-corrected chi connectivity index (χ0v) is 7.84. The summed E-state index contributed by atoms with van der Waals surface area (Å²) in [5, 5.41) is 0. The normalized spacial score (nSPS) is 10.9. The highest BCUT2D eigenvalue weighted by atomic mass is 19.1. The van der Waals surface area contributed by atoms with Crippen molar-refractivity contribution in [3.8, 4) is 0 Å². The minimum atomic E-state index is -0.954. The van der Waals surface area contributed by atoms with Crippen molar-refractivity contribution in [2.45, 2.75) is 19.4 Å². The van der Waals surface area contributed by atoms with Crippen molar-refractivity contribution in [3.05, 3.63) is 35.4 Å². The third kappa shape index (κ3) is 2.24. The van der Waals surface area contributed by atoms with Crippen LogP contribution in [0.1, 0.15) is 19.4 Å². The van der Waals surface area contributed by atoms with Gasteiger partial charge in [-0.15, -0.1) is 0 Å². The summed E-state index contributed by atoms with van der Waals surface area (Å²) in [5.74, 6) is -1.37. The molecule has 14 heavy (non-hydrogen) atoms. The summed E-state index contributed by atoms with van der Waals surface area (Å²) in [4.78, 5) is 13.6. The number of benzene rings is 1. The number of isocyanates is 1. The maximum atomic E-state index is 12.8. The maximum absolute atomic E-state index is 12.8. The van der Waals surface area contributed by atoms with E-state index >= 15 is 0 Å². The Labute approximate surface area is 80.3 Å². The van der Waals surface area contributed by atoms with E-state index in [2.05, 4.69) is 4.99 Å². The highest BCUT2D eigenvalue weighted by molar-refractivity contribution is 5.37. The second-order valence-electron chi connectivity index (χ2n) is 3.42. The lowest BCUT2D eigenvalue weighted by molar-refractivity contribution is 0.510. The van der Waals surface area contributed by atoms with Gasteiger partial charge in [-0.3, -0.25) is 0 Å². The molecule has 0 saturated heterocycles. The molecule has 0 aliphatic heterocycles. The van der Waals surface area contributed by atoms with Crippen LogP contribution in [-0.2, 0) is 10.3 Å². The predicted octanol–water partition coefficient (Wildman–Crippen LogP) is 2.54. The summed E-state index contributed by atoms with van der Waals surface area (Å²) >= 11 is 0. The first-order chi connectivity index (χ1) is 6.45. The molecule has 74 valence electrons. The molecule has 0 spiro atoms. The van der Waals surface area contributed by atoms with Gasteiger partial charge in [0.2, 0.25) is 6.08 Å². The molecule has 0 amide bonds. The predicted molar refractivity (Wildman–Crippen MR) is 47.5 cm³/mol. The molecule has 0 aliphatic rings. The van der Waals surface area contributed by atoms with E-state index in [0.29, 0.717) is 5.56 Å². The van der Waals surface area contributed by atoms with Gasteiger partial charge in [0, 0.05) is 6.07 Å². The largest absolute Gasteiger partial charge is 0.235 e. The minimum absolute atomic E-state index is 0.304. The molecular weight excluding hydrogens is 188 g/mol. The highest BCUT2D eigenvalue weighted by Gasteiger charge is 2.20. The van der Waals surface area contributed by atoms with E-state index in [0.717, 1.165) is 18.2 Å². The monoisotopic (exact) mass is 197 g/mol. The van der Waals surface area contributed by atoms with Crippen LogP contribution in [0.3, 0.4) is 0 Å².